The van der Waals surface area contributed by atoms with E-state index in [2.05, 4.69) is 41.5 Å². The standard InChI is InChI=1S/C10H12N2S/c1-8-3-2-4-9(7-8)12-10-11-5-6-13-10/h2-4,7H,5-6H2,1H3,(H,11,12). The van der Waals surface area contributed by atoms with E-state index in [1.807, 2.05) is 0 Å². The fourth-order valence-electron chi connectivity index (χ4n) is 1.26. The maximum Gasteiger partial charge on any atom is 0.161 e. The minimum absolute atomic E-state index is 0.943. The van der Waals surface area contributed by atoms with E-state index in [0.29, 0.717) is 0 Å². The van der Waals surface area contributed by atoms with E-state index in [9.17, 15) is 0 Å². The molecule has 1 aromatic carbocycles. The molecule has 0 saturated carbocycles. The topological polar surface area (TPSA) is 24.4 Å². The van der Waals surface area contributed by atoms with Gasteiger partial charge >= 0.3 is 0 Å². The van der Waals surface area contributed by atoms with Crippen LogP contribution in [0, 0.1) is 6.92 Å². The summed E-state index contributed by atoms with van der Waals surface area (Å²) >= 11 is 1.78. The molecule has 0 aromatic heterocycles. The Morgan fingerprint density at radius 2 is 2.38 bits per heavy atom. The predicted molar refractivity (Wildman–Crippen MR) is 59.6 cm³/mol. The van der Waals surface area contributed by atoms with E-state index in [1.54, 1.807) is 11.8 Å². The van der Waals surface area contributed by atoms with Crippen molar-refractivity contribution in [3.8, 4) is 0 Å². The number of hydrogen-bond donors (Lipinski definition) is 1. The molecule has 13 heavy (non-hydrogen) atoms. The number of anilines is 1. The molecule has 0 saturated heterocycles. The lowest BCUT2D eigenvalue weighted by Gasteiger charge is -2.04. The molecule has 3 heteroatoms. The molecule has 1 aromatic rings. The predicted octanol–water partition coefficient (Wildman–Crippen LogP) is 2.51. The lowest BCUT2D eigenvalue weighted by molar-refractivity contribution is 1.17. The van der Waals surface area contributed by atoms with Crippen molar-refractivity contribution in [1.82, 2.24) is 0 Å². The van der Waals surface area contributed by atoms with E-state index in [4.69, 9.17) is 0 Å². The Labute approximate surface area is 82.5 Å². The Bertz CT molecular complexity index is 333. The van der Waals surface area contributed by atoms with Gasteiger partial charge in [-0.05, 0) is 24.6 Å². The van der Waals surface area contributed by atoms with Crippen molar-refractivity contribution >= 4 is 22.6 Å². The van der Waals surface area contributed by atoms with Crippen LogP contribution in [0.5, 0.6) is 0 Å². The summed E-state index contributed by atoms with van der Waals surface area (Å²) in [6, 6.07) is 8.34. The first kappa shape index (κ1) is 8.63. The van der Waals surface area contributed by atoms with Crippen LogP contribution in [0.15, 0.2) is 29.3 Å². The minimum atomic E-state index is 0.943. The summed E-state index contributed by atoms with van der Waals surface area (Å²) in [7, 11) is 0. The Morgan fingerprint density at radius 1 is 1.46 bits per heavy atom. The van der Waals surface area contributed by atoms with E-state index < -0.39 is 0 Å². The summed E-state index contributed by atoms with van der Waals surface area (Å²) in [4.78, 5) is 4.33. The van der Waals surface area contributed by atoms with Crippen molar-refractivity contribution in [2.75, 3.05) is 17.6 Å². The van der Waals surface area contributed by atoms with Crippen LogP contribution >= 0.6 is 11.8 Å². The lowest BCUT2D eigenvalue weighted by Crippen LogP contribution is -2.04. The maximum absolute atomic E-state index is 4.33. The van der Waals surface area contributed by atoms with Gasteiger partial charge in [-0.1, -0.05) is 23.9 Å². The number of amidine groups is 1. The van der Waals surface area contributed by atoms with Gasteiger partial charge in [-0.3, -0.25) is 4.99 Å². The first-order valence-corrected chi connectivity index (χ1v) is 5.34. The molecule has 0 atom stereocenters. The summed E-state index contributed by atoms with van der Waals surface area (Å²) < 4.78 is 0. The average molecular weight is 192 g/mol. The molecule has 1 N–H and O–H groups in total. The molecule has 0 fully saturated rings. The van der Waals surface area contributed by atoms with Gasteiger partial charge in [-0.2, -0.15) is 0 Å². The molecule has 0 bridgehead atoms. The second kappa shape index (κ2) is 3.83. The number of aryl methyl sites for hydroxylation is 1. The van der Waals surface area contributed by atoms with Crippen LogP contribution in [-0.4, -0.2) is 17.5 Å². The molecule has 0 radical (unpaired) electrons. The molecule has 2 nitrogen and oxygen atoms in total. The van der Waals surface area contributed by atoms with Gasteiger partial charge in [-0.25, -0.2) is 0 Å². The smallest absolute Gasteiger partial charge is 0.161 e. The average Bonchev–Trinajstić information content (AvgIpc) is 2.57. The van der Waals surface area contributed by atoms with Gasteiger partial charge in [-0.15, -0.1) is 0 Å². The number of nitrogens with one attached hydrogen (secondary N) is 1. The van der Waals surface area contributed by atoms with Crippen LogP contribution in [-0.2, 0) is 0 Å². The Kier molecular flexibility index (Phi) is 2.54. The summed E-state index contributed by atoms with van der Waals surface area (Å²) in [6.07, 6.45) is 0. The number of benzene rings is 1. The molecular weight excluding hydrogens is 180 g/mol. The van der Waals surface area contributed by atoms with Crippen molar-refractivity contribution in [3.63, 3.8) is 0 Å². The van der Waals surface area contributed by atoms with Crippen molar-refractivity contribution in [3.05, 3.63) is 29.8 Å². The Balaban J connectivity index is 2.09. The van der Waals surface area contributed by atoms with Crippen LogP contribution in [0.3, 0.4) is 0 Å². The van der Waals surface area contributed by atoms with E-state index >= 15 is 0 Å². The second-order valence-electron chi connectivity index (χ2n) is 3.03. The zero-order valence-corrected chi connectivity index (χ0v) is 8.40. The van der Waals surface area contributed by atoms with Crippen LogP contribution in [0.2, 0.25) is 0 Å². The lowest BCUT2D eigenvalue weighted by atomic mass is 10.2. The fraction of sp³-hybridized carbons (Fsp3) is 0.300. The number of hydrogen-bond acceptors (Lipinski definition) is 3. The summed E-state index contributed by atoms with van der Waals surface area (Å²) in [6.45, 7) is 3.04. The quantitative estimate of drug-likeness (QED) is 0.739. The molecule has 0 unspecified atom stereocenters. The minimum Gasteiger partial charge on any atom is -0.335 e. The number of thioether (sulfide) groups is 1. The summed E-state index contributed by atoms with van der Waals surface area (Å²) in [5, 5.41) is 4.34. The van der Waals surface area contributed by atoms with Gasteiger partial charge < -0.3 is 5.32 Å². The van der Waals surface area contributed by atoms with E-state index in [1.165, 1.54) is 5.56 Å². The van der Waals surface area contributed by atoms with Crippen molar-refractivity contribution in [2.24, 2.45) is 4.99 Å². The number of rotatable bonds is 1. The van der Waals surface area contributed by atoms with Gasteiger partial charge in [0.05, 0.1) is 6.54 Å². The fourth-order valence-corrected chi connectivity index (χ4v) is 2.01. The van der Waals surface area contributed by atoms with Crippen LogP contribution in [0.4, 0.5) is 5.69 Å². The molecule has 0 spiro atoms. The van der Waals surface area contributed by atoms with Gasteiger partial charge in [0.15, 0.2) is 5.17 Å². The highest BCUT2D eigenvalue weighted by atomic mass is 32.2. The monoisotopic (exact) mass is 192 g/mol. The molecule has 68 valence electrons. The van der Waals surface area contributed by atoms with Crippen LogP contribution in [0.25, 0.3) is 0 Å². The van der Waals surface area contributed by atoms with Gasteiger partial charge in [0.1, 0.15) is 0 Å². The number of nitrogens with zero attached hydrogens (tertiary/aromatic N) is 1. The van der Waals surface area contributed by atoms with Gasteiger partial charge in [0, 0.05) is 11.4 Å². The molecule has 1 aliphatic heterocycles. The third-order valence-corrected chi connectivity index (χ3v) is 2.75. The molecule has 1 heterocycles. The zero-order valence-electron chi connectivity index (χ0n) is 7.58. The van der Waals surface area contributed by atoms with E-state index in [0.717, 1.165) is 23.2 Å². The largest absolute Gasteiger partial charge is 0.335 e. The highest BCUT2D eigenvalue weighted by molar-refractivity contribution is 8.14. The number of aliphatic imine (C=N–C) groups is 1. The van der Waals surface area contributed by atoms with Crippen molar-refractivity contribution in [2.45, 2.75) is 6.92 Å². The van der Waals surface area contributed by atoms with E-state index in [-0.39, 0.29) is 0 Å². The SMILES string of the molecule is Cc1cccc(NC2=NCCS2)c1. The molecule has 0 aliphatic carbocycles. The van der Waals surface area contributed by atoms with Gasteiger partial charge in [0.25, 0.3) is 0 Å². The Morgan fingerprint density at radius 3 is 3.08 bits per heavy atom. The highest BCUT2D eigenvalue weighted by Gasteiger charge is 2.06. The van der Waals surface area contributed by atoms with Crippen molar-refractivity contribution in [1.29, 1.82) is 0 Å². The molecule has 0 amide bonds. The van der Waals surface area contributed by atoms with Gasteiger partial charge in [0.2, 0.25) is 0 Å². The van der Waals surface area contributed by atoms with Crippen molar-refractivity contribution < 1.29 is 0 Å². The third-order valence-electron chi connectivity index (χ3n) is 1.85. The summed E-state index contributed by atoms with van der Waals surface area (Å²) in [5.41, 5.74) is 2.40. The molecule has 2 rings (SSSR count). The first-order chi connectivity index (χ1) is 6.34. The second-order valence-corrected chi connectivity index (χ2v) is 4.11. The molecule has 1 aliphatic rings. The van der Waals surface area contributed by atoms with Crippen LogP contribution in [0.1, 0.15) is 5.56 Å². The maximum atomic E-state index is 4.33. The normalized spacial score (nSPS) is 15.6. The third kappa shape index (κ3) is 2.25. The zero-order chi connectivity index (χ0) is 9.10. The molecular formula is C10H12N2S. The van der Waals surface area contributed by atoms with Crippen LogP contribution < -0.4 is 5.32 Å². The summed E-state index contributed by atoms with van der Waals surface area (Å²) in [5.74, 6) is 1.11. The highest BCUT2D eigenvalue weighted by Crippen LogP contribution is 2.16. The Hall–Kier alpha value is -0.960. The first-order valence-electron chi connectivity index (χ1n) is 4.35.